The van der Waals surface area contributed by atoms with Crippen molar-refractivity contribution >= 4 is 23.5 Å². The third kappa shape index (κ3) is 6.94. The molecule has 154 valence electrons. The van der Waals surface area contributed by atoms with Gasteiger partial charge >= 0.3 is 0 Å². The normalized spacial score (nSPS) is 10.1. The van der Waals surface area contributed by atoms with Crippen LogP contribution in [0.5, 0.6) is 0 Å². The third-order valence-electron chi connectivity index (χ3n) is 4.76. The number of aryl methyl sites for hydroxylation is 3. The predicted octanol–water partition coefficient (Wildman–Crippen LogP) is 6.99. The highest BCUT2D eigenvalue weighted by atomic mass is 16.1. The van der Waals surface area contributed by atoms with Gasteiger partial charge in [-0.15, -0.1) is 0 Å². The molecule has 0 heterocycles. The van der Waals surface area contributed by atoms with Crippen molar-refractivity contribution in [1.29, 1.82) is 0 Å². The second-order valence-corrected chi connectivity index (χ2v) is 7.69. The van der Waals surface area contributed by atoms with Crippen LogP contribution < -0.4 is 0 Å². The van der Waals surface area contributed by atoms with Crippen molar-refractivity contribution < 1.29 is 9.59 Å². The Morgan fingerprint density at radius 3 is 1.79 bits per heavy atom. The minimum absolute atomic E-state index is 0.0999. The van der Waals surface area contributed by atoms with E-state index in [0.717, 1.165) is 24.0 Å². The van der Waals surface area contributed by atoms with Gasteiger partial charge in [0.05, 0.1) is 11.4 Å². The van der Waals surface area contributed by atoms with Crippen LogP contribution in [0.15, 0.2) is 40.3 Å². The third-order valence-corrected chi connectivity index (χ3v) is 4.76. The minimum atomic E-state index is 0.0999. The SMILES string of the molecule is CC(C)c1ccc(N=C=O)c(C(C)C)c1N=C=O.CCc1cc(C)cc(CC)c1. The highest BCUT2D eigenvalue weighted by Gasteiger charge is 2.17. The summed E-state index contributed by atoms with van der Waals surface area (Å²) in [7, 11) is 0. The van der Waals surface area contributed by atoms with E-state index in [-0.39, 0.29) is 11.8 Å². The number of nitrogens with zero attached hydrogens (tertiary/aromatic N) is 2. The first-order chi connectivity index (χ1) is 13.8. The van der Waals surface area contributed by atoms with E-state index in [0.29, 0.717) is 11.4 Å². The van der Waals surface area contributed by atoms with Gasteiger partial charge in [-0.3, -0.25) is 0 Å². The number of carbonyl (C=O) groups excluding carboxylic acids is 2. The van der Waals surface area contributed by atoms with Crippen LogP contribution in [0.3, 0.4) is 0 Å². The van der Waals surface area contributed by atoms with Gasteiger partial charge in [0.15, 0.2) is 0 Å². The van der Waals surface area contributed by atoms with Crippen LogP contribution in [0.1, 0.15) is 81.2 Å². The largest absolute Gasteiger partial charge is 0.240 e. The van der Waals surface area contributed by atoms with Gasteiger partial charge in [0.1, 0.15) is 0 Å². The van der Waals surface area contributed by atoms with Crippen molar-refractivity contribution in [3.05, 3.63) is 58.1 Å². The van der Waals surface area contributed by atoms with E-state index in [4.69, 9.17) is 0 Å². The van der Waals surface area contributed by atoms with Crippen LogP contribution in [0.2, 0.25) is 0 Å². The summed E-state index contributed by atoms with van der Waals surface area (Å²) in [4.78, 5) is 28.5. The first-order valence-electron chi connectivity index (χ1n) is 10.2. The molecule has 4 nitrogen and oxygen atoms in total. The highest BCUT2D eigenvalue weighted by Crippen LogP contribution is 2.40. The van der Waals surface area contributed by atoms with Crippen molar-refractivity contribution in [3.8, 4) is 0 Å². The number of hydrogen-bond acceptors (Lipinski definition) is 4. The molecule has 0 saturated heterocycles. The smallest absolute Gasteiger partial charge is 0.211 e. The van der Waals surface area contributed by atoms with E-state index in [9.17, 15) is 9.59 Å². The standard InChI is InChI=1S/C14H16N2O2.C11H16/c1-9(2)11-5-6-12(15-7-17)13(10(3)4)14(11)16-8-18;1-4-10-6-9(3)7-11(5-2)8-10/h5-6,9-10H,1-4H3;6-8H,4-5H2,1-3H3. The molecule has 0 aliphatic rings. The van der Waals surface area contributed by atoms with Gasteiger partial charge in [-0.05, 0) is 54.4 Å². The monoisotopic (exact) mass is 392 g/mol. The molecule has 0 aliphatic heterocycles. The molecule has 0 radical (unpaired) electrons. The summed E-state index contributed by atoms with van der Waals surface area (Å²) in [6, 6.07) is 10.4. The zero-order chi connectivity index (χ0) is 22.0. The molecule has 2 rings (SSSR count). The van der Waals surface area contributed by atoms with Gasteiger partial charge in [-0.25, -0.2) is 9.59 Å². The van der Waals surface area contributed by atoms with E-state index >= 15 is 0 Å². The van der Waals surface area contributed by atoms with Crippen molar-refractivity contribution in [2.45, 2.75) is 73.1 Å². The molecule has 0 atom stereocenters. The van der Waals surface area contributed by atoms with E-state index in [1.807, 2.05) is 33.8 Å². The molecule has 0 spiro atoms. The average Bonchev–Trinajstić information content (AvgIpc) is 2.68. The Morgan fingerprint density at radius 1 is 0.828 bits per heavy atom. The lowest BCUT2D eigenvalue weighted by Gasteiger charge is -2.17. The molecule has 29 heavy (non-hydrogen) atoms. The topological polar surface area (TPSA) is 58.9 Å². The first-order valence-corrected chi connectivity index (χ1v) is 10.2. The number of rotatable bonds is 6. The fourth-order valence-corrected chi connectivity index (χ4v) is 3.32. The molecule has 0 fully saturated rings. The molecule has 0 aliphatic carbocycles. The average molecular weight is 393 g/mol. The number of aliphatic imine (C=N–C) groups is 2. The van der Waals surface area contributed by atoms with Gasteiger partial charge in [0.25, 0.3) is 0 Å². The fraction of sp³-hybridized carbons (Fsp3) is 0.440. The Hall–Kier alpha value is -2.80. The van der Waals surface area contributed by atoms with E-state index in [2.05, 4.69) is 49.0 Å². The lowest BCUT2D eigenvalue weighted by molar-refractivity contribution is 0.564. The Labute approximate surface area is 174 Å². The fourth-order valence-electron chi connectivity index (χ4n) is 3.32. The Morgan fingerprint density at radius 2 is 1.38 bits per heavy atom. The summed E-state index contributed by atoms with van der Waals surface area (Å²) < 4.78 is 0. The lowest BCUT2D eigenvalue weighted by Crippen LogP contribution is -1.96. The molecule has 0 saturated carbocycles. The molecule has 0 bridgehead atoms. The van der Waals surface area contributed by atoms with Gasteiger partial charge in [0, 0.05) is 5.56 Å². The molecular formula is C25H32N2O2. The van der Waals surface area contributed by atoms with Gasteiger partial charge in [0.2, 0.25) is 12.2 Å². The molecule has 2 aromatic carbocycles. The van der Waals surface area contributed by atoms with Crippen LogP contribution >= 0.6 is 0 Å². The number of benzene rings is 2. The maximum absolute atomic E-state index is 10.6. The molecule has 0 N–H and O–H groups in total. The van der Waals surface area contributed by atoms with Crippen LogP contribution in [0.4, 0.5) is 11.4 Å². The van der Waals surface area contributed by atoms with E-state index in [1.165, 1.54) is 22.8 Å². The maximum atomic E-state index is 10.6. The Balaban J connectivity index is 0.000000326. The Bertz CT molecular complexity index is 894. The summed E-state index contributed by atoms with van der Waals surface area (Å²) in [5.74, 6) is 0.326. The van der Waals surface area contributed by atoms with Crippen molar-refractivity contribution in [1.82, 2.24) is 0 Å². The molecular weight excluding hydrogens is 360 g/mol. The molecule has 4 heteroatoms. The molecule has 0 amide bonds. The zero-order valence-electron chi connectivity index (χ0n) is 18.7. The predicted molar refractivity (Wildman–Crippen MR) is 120 cm³/mol. The zero-order valence-corrected chi connectivity index (χ0v) is 18.7. The lowest BCUT2D eigenvalue weighted by atomic mass is 9.91. The number of isocyanates is 2. The van der Waals surface area contributed by atoms with Crippen molar-refractivity contribution in [2.75, 3.05) is 0 Å². The van der Waals surface area contributed by atoms with Gasteiger partial charge in [-0.2, -0.15) is 9.98 Å². The second-order valence-electron chi connectivity index (χ2n) is 7.69. The summed E-state index contributed by atoms with van der Waals surface area (Å²) in [6.07, 6.45) is 5.41. The van der Waals surface area contributed by atoms with Gasteiger partial charge in [-0.1, -0.05) is 71.4 Å². The minimum Gasteiger partial charge on any atom is -0.211 e. The van der Waals surface area contributed by atoms with Crippen LogP contribution in [0.25, 0.3) is 0 Å². The Kier molecular flexibility index (Phi) is 9.96. The summed E-state index contributed by atoms with van der Waals surface area (Å²) in [6.45, 7) is 14.5. The number of hydrogen-bond donors (Lipinski definition) is 0. The van der Waals surface area contributed by atoms with E-state index < -0.39 is 0 Å². The summed E-state index contributed by atoms with van der Waals surface area (Å²) in [5.41, 5.74) is 7.13. The first kappa shape index (κ1) is 24.2. The van der Waals surface area contributed by atoms with Crippen molar-refractivity contribution in [2.24, 2.45) is 9.98 Å². The summed E-state index contributed by atoms with van der Waals surface area (Å²) in [5, 5.41) is 0. The second kappa shape index (κ2) is 11.9. The molecule has 0 unspecified atom stereocenters. The van der Waals surface area contributed by atoms with Crippen LogP contribution in [0, 0.1) is 6.92 Å². The van der Waals surface area contributed by atoms with Gasteiger partial charge < -0.3 is 0 Å². The highest BCUT2D eigenvalue weighted by molar-refractivity contribution is 5.70. The van der Waals surface area contributed by atoms with Crippen LogP contribution in [-0.4, -0.2) is 12.2 Å². The van der Waals surface area contributed by atoms with Crippen molar-refractivity contribution in [3.63, 3.8) is 0 Å². The maximum Gasteiger partial charge on any atom is 0.240 e. The van der Waals surface area contributed by atoms with E-state index in [1.54, 1.807) is 12.1 Å². The van der Waals surface area contributed by atoms with Crippen LogP contribution in [-0.2, 0) is 22.4 Å². The summed E-state index contributed by atoms with van der Waals surface area (Å²) >= 11 is 0. The molecule has 0 aromatic heterocycles. The molecule has 2 aromatic rings. The quantitative estimate of drug-likeness (QED) is 0.393.